The first-order valence-electron chi connectivity index (χ1n) is 5.45. The SMILES string of the molecule is C=C(C)C(=O)OCC(C)(COC(=O)C(=C)C)C(=O)Cl. The summed E-state index contributed by atoms with van der Waals surface area (Å²) in [5.74, 6) is -1.29. The van der Waals surface area contributed by atoms with Crippen molar-refractivity contribution < 1.29 is 23.9 Å². The quantitative estimate of drug-likeness (QED) is 0.407. The molecule has 0 aliphatic carbocycles. The number of hydrogen-bond acceptors (Lipinski definition) is 5. The number of hydrogen-bond donors (Lipinski definition) is 0. The highest BCUT2D eigenvalue weighted by Gasteiger charge is 2.35. The van der Waals surface area contributed by atoms with Crippen LogP contribution in [-0.4, -0.2) is 30.4 Å². The highest BCUT2D eigenvalue weighted by atomic mass is 35.5. The Morgan fingerprint density at radius 3 is 1.53 bits per heavy atom. The fourth-order valence-corrected chi connectivity index (χ4v) is 0.960. The van der Waals surface area contributed by atoms with Gasteiger partial charge >= 0.3 is 11.9 Å². The standard InChI is InChI=1S/C13H17ClO5/c1-8(2)10(15)18-6-13(5,12(14)17)7-19-11(16)9(3)4/h1,3,6-7H2,2,4-5H3. The van der Waals surface area contributed by atoms with E-state index in [1.807, 2.05) is 0 Å². The van der Waals surface area contributed by atoms with E-state index in [0.717, 1.165) is 0 Å². The maximum Gasteiger partial charge on any atom is 0.333 e. The van der Waals surface area contributed by atoms with Crippen LogP contribution in [0.4, 0.5) is 0 Å². The summed E-state index contributed by atoms with van der Waals surface area (Å²) < 4.78 is 9.73. The van der Waals surface area contributed by atoms with Crippen molar-refractivity contribution in [3.8, 4) is 0 Å². The van der Waals surface area contributed by atoms with Crippen molar-refractivity contribution in [2.75, 3.05) is 13.2 Å². The molecule has 0 saturated carbocycles. The molecular weight excluding hydrogens is 272 g/mol. The topological polar surface area (TPSA) is 69.7 Å². The Morgan fingerprint density at radius 1 is 1.00 bits per heavy atom. The lowest BCUT2D eigenvalue weighted by molar-refractivity contribution is -0.150. The van der Waals surface area contributed by atoms with E-state index < -0.39 is 22.6 Å². The molecule has 0 saturated heterocycles. The van der Waals surface area contributed by atoms with Gasteiger partial charge in [-0.15, -0.1) is 0 Å². The maximum absolute atomic E-state index is 11.4. The van der Waals surface area contributed by atoms with Crippen LogP contribution in [0.1, 0.15) is 20.8 Å². The van der Waals surface area contributed by atoms with Crippen LogP contribution >= 0.6 is 11.6 Å². The molecule has 6 heteroatoms. The van der Waals surface area contributed by atoms with Gasteiger partial charge in [0.05, 0.1) is 0 Å². The number of rotatable bonds is 7. The first-order chi connectivity index (χ1) is 8.60. The zero-order valence-corrected chi connectivity index (χ0v) is 12.0. The molecule has 0 amide bonds. The molecule has 0 aromatic carbocycles. The average molecular weight is 289 g/mol. The molecule has 5 nitrogen and oxygen atoms in total. The van der Waals surface area contributed by atoms with Gasteiger partial charge in [0, 0.05) is 11.1 Å². The fraction of sp³-hybridized carbons (Fsp3) is 0.462. The van der Waals surface area contributed by atoms with E-state index in [1.165, 1.54) is 20.8 Å². The fourth-order valence-electron chi connectivity index (χ4n) is 0.851. The highest BCUT2D eigenvalue weighted by Crippen LogP contribution is 2.22. The molecule has 0 aromatic heterocycles. The van der Waals surface area contributed by atoms with Gasteiger partial charge in [-0.25, -0.2) is 9.59 Å². The molecule has 0 aliphatic rings. The molecule has 0 radical (unpaired) electrons. The summed E-state index contributed by atoms with van der Waals surface area (Å²) in [6.07, 6.45) is 0. The number of carbonyl (C=O) groups excluding carboxylic acids is 3. The van der Waals surface area contributed by atoms with E-state index in [-0.39, 0.29) is 24.4 Å². The van der Waals surface area contributed by atoms with E-state index >= 15 is 0 Å². The zero-order valence-electron chi connectivity index (χ0n) is 11.2. The Bertz CT molecular complexity index is 395. The molecule has 0 spiro atoms. The maximum atomic E-state index is 11.4. The summed E-state index contributed by atoms with van der Waals surface area (Å²) >= 11 is 5.44. The van der Waals surface area contributed by atoms with Crippen LogP contribution in [0.5, 0.6) is 0 Å². The van der Waals surface area contributed by atoms with Crippen LogP contribution in [0.15, 0.2) is 24.3 Å². The molecule has 0 heterocycles. The Balaban J connectivity index is 4.64. The second-order valence-electron chi connectivity index (χ2n) is 4.55. The van der Waals surface area contributed by atoms with Gasteiger partial charge in [-0.2, -0.15) is 0 Å². The second-order valence-corrected chi connectivity index (χ2v) is 4.89. The molecule has 106 valence electrons. The zero-order chi connectivity index (χ0) is 15.2. The molecule has 19 heavy (non-hydrogen) atoms. The first-order valence-corrected chi connectivity index (χ1v) is 5.83. The molecule has 0 aromatic rings. The smallest absolute Gasteiger partial charge is 0.333 e. The largest absolute Gasteiger partial charge is 0.461 e. The second kappa shape index (κ2) is 7.09. The van der Waals surface area contributed by atoms with E-state index in [2.05, 4.69) is 13.2 Å². The summed E-state index contributed by atoms with van der Waals surface area (Å²) in [7, 11) is 0. The lowest BCUT2D eigenvalue weighted by Gasteiger charge is -2.24. The van der Waals surface area contributed by atoms with Crippen LogP contribution in [0.25, 0.3) is 0 Å². The third-order valence-electron chi connectivity index (χ3n) is 2.22. The number of halogens is 1. The molecule has 0 unspecified atom stereocenters. The third-order valence-corrected chi connectivity index (χ3v) is 2.67. The molecule has 0 aliphatic heterocycles. The Labute approximate surface area is 117 Å². The van der Waals surface area contributed by atoms with Crippen LogP contribution in [-0.2, 0) is 23.9 Å². The molecule has 0 bridgehead atoms. The molecule has 0 rings (SSSR count). The van der Waals surface area contributed by atoms with Crippen molar-refractivity contribution in [1.82, 2.24) is 0 Å². The van der Waals surface area contributed by atoms with E-state index in [4.69, 9.17) is 21.1 Å². The minimum atomic E-state index is -1.31. The van der Waals surface area contributed by atoms with Gasteiger partial charge in [0.2, 0.25) is 5.24 Å². The van der Waals surface area contributed by atoms with Gasteiger partial charge < -0.3 is 9.47 Å². The van der Waals surface area contributed by atoms with Crippen molar-refractivity contribution in [1.29, 1.82) is 0 Å². The average Bonchev–Trinajstić information content (AvgIpc) is 2.32. The van der Waals surface area contributed by atoms with Gasteiger partial charge in [-0.3, -0.25) is 4.79 Å². The molecule has 0 fully saturated rings. The summed E-state index contributed by atoms with van der Waals surface area (Å²) in [6.45, 7) is 10.6. The van der Waals surface area contributed by atoms with Gasteiger partial charge in [-0.1, -0.05) is 13.2 Å². The predicted octanol–water partition coefficient (Wildman–Crippen LogP) is 2.00. The van der Waals surface area contributed by atoms with E-state index in [9.17, 15) is 14.4 Å². The van der Waals surface area contributed by atoms with Gasteiger partial charge in [0.1, 0.15) is 18.6 Å². The number of ether oxygens (including phenoxy) is 2. The van der Waals surface area contributed by atoms with Crippen molar-refractivity contribution in [2.24, 2.45) is 5.41 Å². The van der Waals surface area contributed by atoms with Crippen molar-refractivity contribution in [3.63, 3.8) is 0 Å². The summed E-state index contributed by atoms with van der Waals surface area (Å²) in [5.41, 5.74) is -0.913. The summed E-state index contributed by atoms with van der Waals surface area (Å²) in [4.78, 5) is 33.9. The number of carbonyl (C=O) groups is 3. The Hall–Kier alpha value is -1.62. The minimum Gasteiger partial charge on any atom is -0.461 e. The summed E-state index contributed by atoms with van der Waals surface area (Å²) in [6, 6.07) is 0. The van der Waals surface area contributed by atoms with Crippen LogP contribution in [0.2, 0.25) is 0 Å². The van der Waals surface area contributed by atoms with Crippen LogP contribution in [0, 0.1) is 5.41 Å². The van der Waals surface area contributed by atoms with E-state index in [1.54, 1.807) is 0 Å². The minimum absolute atomic E-state index is 0.198. The lowest BCUT2D eigenvalue weighted by atomic mass is 9.95. The Morgan fingerprint density at radius 2 is 1.32 bits per heavy atom. The summed E-state index contributed by atoms with van der Waals surface area (Å²) in [5, 5.41) is -0.767. The van der Waals surface area contributed by atoms with Gasteiger partial charge in [0.25, 0.3) is 0 Å². The highest BCUT2D eigenvalue weighted by molar-refractivity contribution is 6.64. The first kappa shape index (κ1) is 17.4. The molecular formula is C13H17ClO5. The van der Waals surface area contributed by atoms with E-state index in [0.29, 0.717) is 0 Å². The molecule has 0 N–H and O–H groups in total. The van der Waals surface area contributed by atoms with Crippen LogP contribution in [0.3, 0.4) is 0 Å². The Kier molecular flexibility index (Phi) is 6.48. The van der Waals surface area contributed by atoms with Crippen molar-refractivity contribution in [2.45, 2.75) is 20.8 Å². The predicted molar refractivity (Wildman–Crippen MR) is 70.5 cm³/mol. The lowest BCUT2D eigenvalue weighted by Crippen LogP contribution is -2.37. The van der Waals surface area contributed by atoms with Crippen molar-refractivity contribution >= 4 is 28.8 Å². The molecule has 0 atom stereocenters. The van der Waals surface area contributed by atoms with Crippen molar-refractivity contribution in [3.05, 3.63) is 24.3 Å². The number of esters is 2. The monoisotopic (exact) mass is 288 g/mol. The van der Waals surface area contributed by atoms with Gasteiger partial charge in [-0.05, 0) is 32.4 Å². The van der Waals surface area contributed by atoms with Gasteiger partial charge in [0.15, 0.2) is 0 Å². The third kappa shape index (κ3) is 5.70. The normalized spacial score (nSPS) is 10.5. The van der Waals surface area contributed by atoms with Crippen LogP contribution < -0.4 is 0 Å².